The van der Waals surface area contributed by atoms with E-state index in [1.54, 1.807) is 0 Å². The van der Waals surface area contributed by atoms with Gasteiger partial charge in [-0.3, -0.25) is 0 Å². The smallest absolute Gasteiger partial charge is 0.213 e. The first-order valence-electron chi connectivity index (χ1n) is 10.8. The molecule has 6 rings (SSSR count). The summed E-state index contributed by atoms with van der Waals surface area (Å²) in [6.07, 6.45) is 0.592. The van der Waals surface area contributed by atoms with E-state index in [1.165, 1.54) is 16.7 Å². The van der Waals surface area contributed by atoms with Gasteiger partial charge in [0.05, 0.1) is 11.8 Å². The van der Waals surface area contributed by atoms with E-state index in [4.69, 9.17) is 9.84 Å². The molecule has 3 nitrogen and oxygen atoms in total. The summed E-state index contributed by atoms with van der Waals surface area (Å²) in [7, 11) is 0. The van der Waals surface area contributed by atoms with Gasteiger partial charge in [0.2, 0.25) is 6.23 Å². The van der Waals surface area contributed by atoms with Crippen LogP contribution in [0.5, 0.6) is 5.75 Å². The van der Waals surface area contributed by atoms with Crippen molar-refractivity contribution in [1.29, 1.82) is 0 Å². The molecule has 0 saturated carbocycles. The zero-order chi connectivity index (χ0) is 21.5. The molecule has 0 aliphatic carbocycles. The minimum Gasteiger partial charge on any atom is -0.464 e. The lowest BCUT2D eigenvalue weighted by molar-refractivity contribution is -0.0190. The van der Waals surface area contributed by atoms with Gasteiger partial charge in [-0.2, -0.15) is 5.10 Å². The molecule has 4 aromatic rings. The van der Waals surface area contributed by atoms with Crippen LogP contribution in [-0.4, -0.2) is 10.7 Å². The van der Waals surface area contributed by atoms with E-state index in [2.05, 4.69) is 106 Å². The van der Waals surface area contributed by atoms with Crippen LogP contribution in [0.15, 0.2) is 113 Å². The second-order valence-electron chi connectivity index (χ2n) is 8.15. The molecule has 4 aromatic carbocycles. The third-order valence-corrected chi connectivity index (χ3v) is 6.66. The van der Waals surface area contributed by atoms with Gasteiger partial charge in [0, 0.05) is 22.0 Å². The minimum atomic E-state index is -0.264. The molecule has 4 heteroatoms. The average molecular weight is 481 g/mol. The molecule has 2 aliphatic rings. The first kappa shape index (κ1) is 19.3. The Morgan fingerprint density at radius 3 is 2.12 bits per heavy atom. The van der Waals surface area contributed by atoms with Gasteiger partial charge in [-0.15, -0.1) is 0 Å². The standard InChI is InChI=1S/C28H21BrN2O/c29-23-15-16-27-24(17-23)26-18-25(21-9-5-2-6-10-21)30-31(26)28(32-27)22-13-11-20(12-14-22)19-7-3-1-4-8-19/h1-17,26,28H,18H2/t26-,28-/m1/s1. The Kier molecular flexibility index (Phi) is 4.80. The van der Waals surface area contributed by atoms with E-state index in [9.17, 15) is 0 Å². The molecule has 2 heterocycles. The average Bonchev–Trinajstić information content (AvgIpc) is 3.31. The van der Waals surface area contributed by atoms with Crippen LogP contribution in [-0.2, 0) is 0 Å². The molecule has 0 aromatic heterocycles. The van der Waals surface area contributed by atoms with Crippen LogP contribution in [0.3, 0.4) is 0 Å². The van der Waals surface area contributed by atoms with Crippen molar-refractivity contribution in [1.82, 2.24) is 5.01 Å². The molecule has 0 spiro atoms. The highest BCUT2D eigenvalue weighted by Gasteiger charge is 2.41. The fraction of sp³-hybridized carbons (Fsp3) is 0.107. The second kappa shape index (κ2) is 7.95. The van der Waals surface area contributed by atoms with Crippen LogP contribution in [0.1, 0.15) is 35.4 Å². The largest absolute Gasteiger partial charge is 0.464 e. The van der Waals surface area contributed by atoms with Crippen molar-refractivity contribution >= 4 is 21.6 Å². The lowest BCUT2D eigenvalue weighted by Crippen LogP contribution is -2.33. The molecule has 32 heavy (non-hydrogen) atoms. The zero-order valence-corrected chi connectivity index (χ0v) is 18.9. The maximum Gasteiger partial charge on any atom is 0.213 e. The highest BCUT2D eigenvalue weighted by Crippen LogP contribution is 2.48. The van der Waals surface area contributed by atoms with E-state index in [-0.39, 0.29) is 12.3 Å². The van der Waals surface area contributed by atoms with Crippen molar-refractivity contribution in [3.05, 3.63) is 124 Å². The lowest BCUT2D eigenvalue weighted by atomic mass is 9.95. The van der Waals surface area contributed by atoms with Crippen LogP contribution in [0.4, 0.5) is 0 Å². The summed E-state index contributed by atoms with van der Waals surface area (Å²) in [5.74, 6) is 0.927. The van der Waals surface area contributed by atoms with E-state index < -0.39 is 0 Å². The number of hydrazone groups is 1. The first-order valence-corrected chi connectivity index (χ1v) is 11.6. The maximum atomic E-state index is 6.51. The quantitative estimate of drug-likeness (QED) is 0.306. The van der Waals surface area contributed by atoms with Gasteiger partial charge < -0.3 is 4.74 Å². The Labute approximate surface area is 196 Å². The number of rotatable bonds is 3. The number of ether oxygens (including phenoxy) is 1. The summed E-state index contributed by atoms with van der Waals surface area (Å²) in [5.41, 5.74) is 6.94. The Hall–Kier alpha value is -3.37. The van der Waals surface area contributed by atoms with E-state index in [0.29, 0.717) is 0 Å². The fourth-order valence-electron chi connectivity index (χ4n) is 4.55. The number of halogens is 1. The van der Waals surface area contributed by atoms with E-state index in [1.807, 2.05) is 18.2 Å². The number of hydrogen-bond donors (Lipinski definition) is 0. The summed E-state index contributed by atoms with van der Waals surface area (Å²) < 4.78 is 7.57. The van der Waals surface area contributed by atoms with Crippen molar-refractivity contribution < 1.29 is 4.74 Å². The van der Waals surface area contributed by atoms with Crippen molar-refractivity contribution in [3.63, 3.8) is 0 Å². The SMILES string of the molecule is Brc1ccc2c(c1)[C@H]1CC(c3ccccc3)=NN1[C@@H](c1ccc(-c3ccccc3)cc1)O2. The Morgan fingerprint density at radius 2 is 1.41 bits per heavy atom. The van der Waals surface area contributed by atoms with Gasteiger partial charge in [-0.1, -0.05) is 101 Å². The predicted molar refractivity (Wildman–Crippen MR) is 132 cm³/mol. The van der Waals surface area contributed by atoms with E-state index in [0.717, 1.165) is 33.5 Å². The molecule has 0 amide bonds. The third kappa shape index (κ3) is 3.41. The Balaban J connectivity index is 1.40. The number of nitrogens with zero attached hydrogens (tertiary/aromatic N) is 2. The van der Waals surface area contributed by atoms with Crippen molar-refractivity contribution in [2.24, 2.45) is 5.10 Å². The highest BCUT2D eigenvalue weighted by atomic mass is 79.9. The Morgan fingerprint density at radius 1 is 0.750 bits per heavy atom. The number of benzene rings is 4. The topological polar surface area (TPSA) is 24.8 Å². The summed E-state index contributed by atoms with van der Waals surface area (Å²) in [6, 6.07) is 35.9. The van der Waals surface area contributed by atoms with Gasteiger partial charge in [0.15, 0.2) is 0 Å². The van der Waals surface area contributed by atoms with Crippen molar-refractivity contribution in [3.8, 4) is 16.9 Å². The number of fused-ring (bicyclic) bond motifs is 3. The highest BCUT2D eigenvalue weighted by molar-refractivity contribution is 9.10. The predicted octanol–water partition coefficient (Wildman–Crippen LogP) is 7.36. The molecule has 0 N–H and O–H groups in total. The molecule has 2 aliphatic heterocycles. The number of hydrogen-bond acceptors (Lipinski definition) is 3. The molecular weight excluding hydrogens is 460 g/mol. The van der Waals surface area contributed by atoms with Crippen LogP contribution in [0.25, 0.3) is 11.1 Å². The first-order chi connectivity index (χ1) is 15.8. The minimum absolute atomic E-state index is 0.144. The summed E-state index contributed by atoms with van der Waals surface area (Å²) in [6.45, 7) is 0. The summed E-state index contributed by atoms with van der Waals surface area (Å²) in [4.78, 5) is 0. The maximum absolute atomic E-state index is 6.51. The molecule has 0 unspecified atom stereocenters. The van der Waals surface area contributed by atoms with Crippen LogP contribution in [0.2, 0.25) is 0 Å². The summed E-state index contributed by atoms with van der Waals surface area (Å²) >= 11 is 3.63. The zero-order valence-electron chi connectivity index (χ0n) is 17.4. The molecule has 0 saturated heterocycles. The molecule has 0 fully saturated rings. The van der Waals surface area contributed by atoms with Gasteiger partial charge >= 0.3 is 0 Å². The third-order valence-electron chi connectivity index (χ3n) is 6.16. The van der Waals surface area contributed by atoms with Gasteiger partial charge in [-0.25, -0.2) is 5.01 Å². The Bertz CT molecular complexity index is 1290. The molecule has 0 bridgehead atoms. The molecule has 2 atom stereocenters. The molecular formula is C28H21BrN2O. The van der Waals surface area contributed by atoms with Crippen LogP contribution < -0.4 is 4.74 Å². The second-order valence-corrected chi connectivity index (χ2v) is 9.07. The summed E-state index contributed by atoms with van der Waals surface area (Å²) in [5, 5.41) is 7.19. The van der Waals surface area contributed by atoms with Gasteiger partial charge in [0.1, 0.15) is 5.75 Å². The van der Waals surface area contributed by atoms with Crippen LogP contribution >= 0.6 is 15.9 Å². The fourth-order valence-corrected chi connectivity index (χ4v) is 4.93. The van der Waals surface area contributed by atoms with Crippen molar-refractivity contribution in [2.45, 2.75) is 18.7 Å². The molecule has 0 radical (unpaired) electrons. The van der Waals surface area contributed by atoms with E-state index >= 15 is 0 Å². The van der Waals surface area contributed by atoms with Crippen molar-refractivity contribution in [2.75, 3.05) is 0 Å². The van der Waals surface area contributed by atoms with Gasteiger partial charge in [0.25, 0.3) is 0 Å². The van der Waals surface area contributed by atoms with Crippen LogP contribution in [0, 0.1) is 0 Å². The normalized spacial score (nSPS) is 19.0. The monoisotopic (exact) mass is 480 g/mol. The molecule has 156 valence electrons. The van der Waals surface area contributed by atoms with Gasteiger partial charge in [-0.05, 0) is 34.9 Å². The lowest BCUT2D eigenvalue weighted by Gasteiger charge is -2.38.